The molecule has 0 aliphatic rings. The van der Waals surface area contributed by atoms with Gasteiger partial charge in [-0.25, -0.2) is 24.4 Å². The van der Waals surface area contributed by atoms with Gasteiger partial charge in [-0.15, -0.1) is 0 Å². The number of nitriles is 1. The zero-order valence-electron chi connectivity index (χ0n) is 9.08. The van der Waals surface area contributed by atoms with Crippen LogP contribution in [0.15, 0.2) is 27.8 Å². The van der Waals surface area contributed by atoms with Crippen LogP contribution in [0.5, 0.6) is 0 Å². The average Bonchev–Trinajstić information content (AvgIpc) is 2.67. The number of hydrogen-bond acceptors (Lipinski definition) is 3. The minimum Gasteiger partial charge on any atom is -0.247 e. The molecule has 0 radical (unpaired) electrons. The van der Waals surface area contributed by atoms with Crippen LogP contribution < -0.4 is 11.4 Å². The monoisotopic (exact) mass is 270 g/mol. The molecule has 2 rings (SSSR count). The van der Waals surface area contributed by atoms with Crippen molar-refractivity contribution in [2.24, 2.45) is 0 Å². The van der Waals surface area contributed by atoms with Gasteiger partial charge in [-0.05, 0) is 18.2 Å². The van der Waals surface area contributed by atoms with Crippen molar-refractivity contribution in [2.75, 3.05) is 0 Å². The van der Waals surface area contributed by atoms with Gasteiger partial charge in [0.1, 0.15) is 6.07 Å². The summed E-state index contributed by atoms with van der Waals surface area (Å²) in [4.78, 5) is 22.7. The SMILES string of the molecule is N#Cc1cc(C(F)(F)F)ccc1-n1c(=O)[nH][nH]c1=O. The van der Waals surface area contributed by atoms with Crippen molar-refractivity contribution in [3.05, 3.63) is 50.3 Å². The van der Waals surface area contributed by atoms with Crippen LogP contribution in [0, 0.1) is 11.3 Å². The zero-order valence-corrected chi connectivity index (χ0v) is 9.08. The molecule has 0 atom stereocenters. The van der Waals surface area contributed by atoms with Gasteiger partial charge in [0.25, 0.3) is 0 Å². The van der Waals surface area contributed by atoms with Gasteiger partial charge in [-0.2, -0.15) is 18.4 Å². The Kier molecular flexibility index (Phi) is 2.78. The van der Waals surface area contributed by atoms with E-state index < -0.39 is 28.7 Å². The number of aromatic amines is 2. The summed E-state index contributed by atoms with van der Waals surface area (Å²) in [6, 6.07) is 3.69. The molecule has 2 N–H and O–H groups in total. The number of nitrogens with zero attached hydrogens (tertiary/aromatic N) is 2. The Bertz CT molecular complexity index is 748. The van der Waals surface area contributed by atoms with E-state index in [0.29, 0.717) is 16.7 Å². The van der Waals surface area contributed by atoms with Crippen LogP contribution in [-0.4, -0.2) is 14.8 Å². The van der Waals surface area contributed by atoms with Gasteiger partial charge in [0.15, 0.2) is 0 Å². The largest absolute Gasteiger partial charge is 0.416 e. The molecule has 0 fully saturated rings. The van der Waals surface area contributed by atoms with Crippen LogP contribution in [0.3, 0.4) is 0 Å². The van der Waals surface area contributed by atoms with Crippen molar-refractivity contribution < 1.29 is 13.2 Å². The molecule has 0 aliphatic heterocycles. The molecular formula is C10H5F3N4O2. The van der Waals surface area contributed by atoms with Crippen molar-refractivity contribution in [3.63, 3.8) is 0 Å². The van der Waals surface area contributed by atoms with Crippen LogP contribution >= 0.6 is 0 Å². The summed E-state index contributed by atoms with van der Waals surface area (Å²) in [6.45, 7) is 0. The molecule has 1 heterocycles. The Morgan fingerprint density at radius 2 is 1.74 bits per heavy atom. The summed E-state index contributed by atoms with van der Waals surface area (Å²) < 4.78 is 38.0. The van der Waals surface area contributed by atoms with Gasteiger partial charge < -0.3 is 0 Å². The minimum atomic E-state index is -4.61. The van der Waals surface area contributed by atoms with E-state index >= 15 is 0 Å². The number of benzene rings is 1. The zero-order chi connectivity index (χ0) is 14.2. The minimum absolute atomic E-state index is 0.219. The fraction of sp³-hybridized carbons (Fsp3) is 0.100. The topological polar surface area (TPSA) is 94.4 Å². The van der Waals surface area contributed by atoms with Crippen molar-refractivity contribution in [1.82, 2.24) is 14.8 Å². The lowest BCUT2D eigenvalue weighted by molar-refractivity contribution is -0.137. The number of H-pyrrole nitrogens is 2. The lowest BCUT2D eigenvalue weighted by Gasteiger charge is -2.09. The highest BCUT2D eigenvalue weighted by Crippen LogP contribution is 2.30. The molecule has 19 heavy (non-hydrogen) atoms. The molecule has 0 bridgehead atoms. The van der Waals surface area contributed by atoms with E-state index in [2.05, 4.69) is 0 Å². The van der Waals surface area contributed by atoms with E-state index in [9.17, 15) is 22.8 Å². The molecule has 0 unspecified atom stereocenters. The molecule has 6 nitrogen and oxygen atoms in total. The van der Waals surface area contributed by atoms with Gasteiger partial charge in [-0.3, -0.25) is 0 Å². The maximum absolute atomic E-state index is 12.5. The van der Waals surface area contributed by atoms with Gasteiger partial charge in [-0.1, -0.05) is 0 Å². The molecule has 1 aromatic carbocycles. The number of rotatable bonds is 1. The molecule has 0 saturated heterocycles. The summed E-state index contributed by atoms with van der Waals surface area (Å²) in [5.74, 6) is 0. The first-order chi connectivity index (χ1) is 8.84. The maximum Gasteiger partial charge on any atom is 0.416 e. The number of halogens is 3. The first kappa shape index (κ1) is 12.7. The second-order valence-electron chi connectivity index (χ2n) is 3.54. The lowest BCUT2D eigenvalue weighted by Crippen LogP contribution is -2.25. The molecule has 0 aliphatic carbocycles. The quantitative estimate of drug-likeness (QED) is 0.800. The van der Waals surface area contributed by atoms with Gasteiger partial charge in [0, 0.05) is 0 Å². The summed E-state index contributed by atoms with van der Waals surface area (Å²) in [5, 5.41) is 12.8. The van der Waals surface area contributed by atoms with Gasteiger partial charge in [0.05, 0.1) is 16.8 Å². The highest BCUT2D eigenvalue weighted by atomic mass is 19.4. The van der Waals surface area contributed by atoms with E-state index in [1.165, 1.54) is 6.07 Å². The number of aromatic nitrogens is 3. The van der Waals surface area contributed by atoms with Crippen LogP contribution in [-0.2, 0) is 6.18 Å². The molecular weight excluding hydrogens is 265 g/mol. The van der Waals surface area contributed by atoms with Gasteiger partial charge in [0.2, 0.25) is 0 Å². The lowest BCUT2D eigenvalue weighted by atomic mass is 10.1. The molecule has 0 amide bonds. The molecule has 0 spiro atoms. The molecule has 0 saturated carbocycles. The molecule has 2 aromatic rings. The third kappa shape index (κ3) is 2.15. The summed E-state index contributed by atoms with van der Waals surface area (Å²) >= 11 is 0. The van der Waals surface area contributed by atoms with E-state index in [1.807, 2.05) is 10.2 Å². The van der Waals surface area contributed by atoms with E-state index in [0.717, 1.165) is 6.07 Å². The summed E-state index contributed by atoms with van der Waals surface area (Å²) in [6.07, 6.45) is -4.61. The smallest absolute Gasteiger partial charge is 0.247 e. The fourth-order valence-electron chi connectivity index (χ4n) is 1.53. The standard InChI is InChI=1S/C10H5F3N4O2/c11-10(12,13)6-1-2-7(5(3-6)4-14)17-8(18)15-16-9(17)19/h1-3H,(H,15,18)(H,16,19). The first-order valence-corrected chi connectivity index (χ1v) is 4.86. The fourth-order valence-corrected chi connectivity index (χ4v) is 1.53. The Balaban J connectivity index is 2.72. The van der Waals surface area contributed by atoms with E-state index in [1.54, 1.807) is 0 Å². The highest BCUT2D eigenvalue weighted by Gasteiger charge is 2.31. The van der Waals surface area contributed by atoms with Crippen molar-refractivity contribution >= 4 is 0 Å². The van der Waals surface area contributed by atoms with E-state index in [4.69, 9.17) is 5.26 Å². The van der Waals surface area contributed by atoms with Crippen LogP contribution in [0.2, 0.25) is 0 Å². The first-order valence-electron chi connectivity index (χ1n) is 4.86. The van der Waals surface area contributed by atoms with Crippen molar-refractivity contribution in [2.45, 2.75) is 6.18 Å². The van der Waals surface area contributed by atoms with Crippen molar-refractivity contribution in [1.29, 1.82) is 5.26 Å². The number of hydrogen-bond donors (Lipinski definition) is 2. The predicted octanol–water partition coefficient (Wildman–Crippen LogP) is 0.744. The maximum atomic E-state index is 12.5. The summed E-state index contributed by atoms with van der Waals surface area (Å²) in [5.41, 5.74) is -3.43. The normalized spacial score (nSPS) is 11.3. The third-order valence-electron chi connectivity index (χ3n) is 2.37. The second kappa shape index (κ2) is 4.16. The Hall–Kier alpha value is -2.76. The Labute approximate surface area is 102 Å². The van der Waals surface area contributed by atoms with Crippen LogP contribution in [0.1, 0.15) is 11.1 Å². The van der Waals surface area contributed by atoms with Crippen LogP contribution in [0.4, 0.5) is 13.2 Å². The predicted molar refractivity (Wildman–Crippen MR) is 56.7 cm³/mol. The summed E-state index contributed by atoms with van der Waals surface area (Å²) in [7, 11) is 0. The second-order valence-corrected chi connectivity index (χ2v) is 3.54. The Morgan fingerprint density at radius 3 is 2.21 bits per heavy atom. The van der Waals surface area contributed by atoms with E-state index in [-0.39, 0.29) is 5.69 Å². The third-order valence-corrected chi connectivity index (χ3v) is 2.37. The molecule has 1 aromatic heterocycles. The Morgan fingerprint density at radius 1 is 1.16 bits per heavy atom. The number of nitrogens with one attached hydrogen (secondary N) is 2. The highest BCUT2D eigenvalue weighted by molar-refractivity contribution is 5.50. The average molecular weight is 270 g/mol. The van der Waals surface area contributed by atoms with Gasteiger partial charge >= 0.3 is 17.6 Å². The number of alkyl halides is 3. The van der Waals surface area contributed by atoms with Crippen molar-refractivity contribution in [3.8, 4) is 11.8 Å². The molecule has 9 heteroatoms. The van der Waals surface area contributed by atoms with Crippen LogP contribution in [0.25, 0.3) is 5.69 Å². The molecule has 98 valence electrons.